The van der Waals surface area contributed by atoms with E-state index in [9.17, 15) is 0 Å². The lowest BCUT2D eigenvalue weighted by Gasteiger charge is -2.19. The standard InChI is InChI=1S/C14H17N3S/c1-10-6-2-3-7-11(10)16-17-14-15-12-8-4-5-9-13(12)18-14/h4-5,8-10H,2-3,6-7H2,1H3,(H,15,17)/b16-11-. The van der Waals surface area contributed by atoms with Gasteiger partial charge in [0.05, 0.1) is 10.2 Å². The Bertz CT molecular complexity index is 540. The zero-order valence-corrected chi connectivity index (χ0v) is 11.3. The first-order chi connectivity index (χ1) is 8.83. The van der Waals surface area contributed by atoms with Crippen molar-refractivity contribution in [3.05, 3.63) is 24.3 Å². The van der Waals surface area contributed by atoms with Crippen LogP contribution in [-0.4, -0.2) is 10.7 Å². The van der Waals surface area contributed by atoms with Crippen molar-refractivity contribution in [2.45, 2.75) is 32.6 Å². The molecule has 0 aliphatic heterocycles. The van der Waals surface area contributed by atoms with Crippen molar-refractivity contribution in [1.82, 2.24) is 4.98 Å². The van der Waals surface area contributed by atoms with E-state index in [0.717, 1.165) is 17.1 Å². The average Bonchev–Trinajstić information content (AvgIpc) is 2.80. The first-order valence-electron chi connectivity index (χ1n) is 6.51. The summed E-state index contributed by atoms with van der Waals surface area (Å²) < 4.78 is 1.21. The number of rotatable bonds is 2. The second kappa shape index (κ2) is 5.06. The summed E-state index contributed by atoms with van der Waals surface area (Å²) in [6.45, 7) is 2.26. The second-order valence-electron chi connectivity index (χ2n) is 4.85. The Morgan fingerprint density at radius 1 is 1.33 bits per heavy atom. The highest BCUT2D eigenvalue weighted by Crippen LogP contribution is 2.26. The highest BCUT2D eigenvalue weighted by Gasteiger charge is 2.15. The predicted molar refractivity (Wildman–Crippen MR) is 78.3 cm³/mol. The van der Waals surface area contributed by atoms with Gasteiger partial charge in [0.1, 0.15) is 0 Å². The van der Waals surface area contributed by atoms with Gasteiger partial charge in [-0.2, -0.15) is 5.10 Å². The summed E-state index contributed by atoms with van der Waals surface area (Å²) >= 11 is 1.66. The van der Waals surface area contributed by atoms with Crippen LogP contribution in [0.5, 0.6) is 0 Å². The summed E-state index contributed by atoms with van der Waals surface area (Å²) in [7, 11) is 0. The summed E-state index contributed by atoms with van der Waals surface area (Å²) in [5.41, 5.74) is 5.47. The molecule has 1 aromatic carbocycles. The molecule has 0 saturated heterocycles. The van der Waals surface area contributed by atoms with E-state index < -0.39 is 0 Å². The molecule has 0 amide bonds. The average molecular weight is 259 g/mol. The smallest absolute Gasteiger partial charge is 0.204 e. The largest absolute Gasteiger partial charge is 0.253 e. The van der Waals surface area contributed by atoms with Gasteiger partial charge >= 0.3 is 0 Å². The van der Waals surface area contributed by atoms with Crippen LogP contribution in [0.3, 0.4) is 0 Å². The highest BCUT2D eigenvalue weighted by molar-refractivity contribution is 7.22. The van der Waals surface area contributed by atoms with E-state index in [1.165, 1.54) is 29.7 Å². The molecule has 1 fully saturated rings. The molecular formula is C14H17N3S. The summed E-state index contributed by atoms with van der Waals surface area (Å²) in [5, 5.41) is 5.43. The molecule has 1 aliphatic rings. The predicted octanol–water partition coefficient (Wildman–Crippen LogP) is 4.27. The first-order valence-corrected chi connectivity index (χ1v) is 7.32. The van der Waals surface area contributed by atoms with Crippen molar-refractivity contribution in [1.29, 1.82) is 0 Å². The number of nitrogens with one attached hydrogen (secondary N) is 1. The summed E-state index contributed by atoms with van der Waals surface area (Å²) in [6.07, 6.45) is 4.99. The lowest BCUT2D eigenvalue weighted by Crippen LogP contribution is -2.17. The normalized spacial score (nSPS) is 22.5. The fourth-order valence-electron chi connectivity index (χ4n) is 2.38. The maximum atomic E-state index is 4.54. The Labute approximate surface area is 111 Å². The summed E-state index contributed by atoms with van der Waals surface area (Å²) in [4.78, 5) is 4.52. The van der Waals surface area contributed by atoms with Gasteiger partial charge in [0.15, 0.2) is 0 Å². The van der Waals surface area contributed by atoms with Gasteiger partial charge in [-0.25, -0.2) is 4.98 Å². The van der Waals surface area contributed by atoms with Crippen LogP contribution in [0.2, 0.25) is 0 Å². The number of nitrogens with zero attached hydrogens (tertiary/aromatic N) is 2. The molecule has 18 heavy (non-hydrogen) atoms. The van der Waals surface area contributed by atoms with Crippen LogP contribution in [0.25, 0.3) is 10.2 Å². The molecule has 4 heteroatoms. The molecule has 1 heterocycles. The molecule has 0 radical (unpaired) electrons. The van der Waals surface area contributed by atoms with Gasteiger partial charge in [0, 0.05) is 5.71 Å². The fraction of sp³-hybridized carbons (Fsp3) is 0.429. The quantitative estimate of drug-likeness (QED) is 0.818. The third kappa shape index (κ3) is 2.38. The monoisotopic (exact) mass is 259 g/mol. The van der Waals surface area contributed by atoms with Crippen molar-refractivity contribution in [2.24, 2.45) is 11.0 Å². The number of benzene rings is 1. The molecule has 0 spiro atoms. The second-order valence-corrected chi connectivity index (χ2v) is 5.88. The number of hydrogen-bond acceptors (Lipinski definition) is 4. The van der Waals surface area contributed by atoms with Crippen molar-refractivity contribution in [3.8, 4) is 0 Å². The third-order valence-electron chi connectivity index (χ3n) is 3.48. The molecule has 1 aliphatic carbocycles. The molecule has 94 valence electrons. The van der Waals surface area contributed by atoms with E-state index in [4.69, 9.17) is 0 Å². The van der Waals surface area contributed by atoms with Gasteiger partial charge in [0.2, 0.25) is 5.13 Å². The summed E-state index contributed by atoms with van der Waals surface area (Å²) in [5.74, 6) is 0.612. The molecule has 1 unspecified atom stereocenters. The van der Waals surface area contributed by atoms with Crippen LogP contribution in [0.1, 0.15) is 32.6 Å². The Morgan fingerprint density at radius 2 is 2.22 bits per heavy atom. The fourth-order valence-corrected chi connectivity index (χ4v) is 3.18. The Balaban J connectivity index is 1.77. The zero-order chi connectivity index (χ0) is 12.4. The van der Waals surface area contributed by atoms with Crippen LogP contribution < -0.4 is 5.43 Å². The van der Waals surface area contributed by atoms with E-state index in [-0.39, 0.29) is 0 Å². The number of para-hydroxylation sites is 1. The van der Waals surface area contributed by atoms with Gasteiger partial charge in [-0.1, -0.05) is 36.8 Å². The topological polar surface area (TPSA) is 37.3 Å². The van der Waals surface area contributed by atoms with Crippen LogP contribution in [-0.2, 0) is 0 Å². The molecule has 0 bridgehead atoms. The Hall–Kier alpha value is -1.42. The summed E-state index contributed by atoms with van der Waals surface area (Å²) in [6, 6.07) is 8.18. The molecule has 1 saturated carbocycles. The Kier molecular flexibility index (Phi) is 3.28. The zero-order valence-electron chi connectivity index (χ0n) is 10.5. The van der Waals surface area contributed by atoms with Gasteiger partial charge in [-0.3, -0.25) is 5.43 Å². The van der Waals surface area contributed by atoms with Gasteiger partial charge in [-0.05, 0) is 37.3 Å². The van der Waals surface area contributed by atoms with Crippen LogP contribution in [0.4, 0.5) is 5.13 Å². The van der Waals surface area contributed by atoms with Gasteiger partial charge in [-0.15, -0.1) is 0 Å². The van der Waals surface area contributed by atoms with Gasteiger partial charge in [0.25, 0.3) is 0 Å². The number of aromatic nitrogens is 1. The lowest BCUT2D eigenvalue weighted by atomic mass is 9.89. The van der Waals surface area contributed by atoms with E-state index in [2.05, 4.69) is 28.5 Å². The van der Waals surface area contributed by atoms with Crippen LogP contribution >= 0.6 is 11.3 Å². The minimum Gasteiger partial charge on any atom is -0.253 e. The first kappa shape index (κ1) is 11.7. The van der Waals surface area contributed by atoms with E-state index in [1.807, 2.05) is 18.2 Å². The van der Waals surface area contributed by atoms with Crippen molar-refractivity contribution in [3.63, 3.8) is 0 Å². The number of fused-ring (bicyclic) bond motifs is 1. The molecule has 1 N–H and O–H groups in total. The highest BCUT2D eigenvalue weighted by atomic mass is 32.1. The van der Waals surface area contributed by atoms with Crippen molar-refractivity contribution in [2.75, 3.05) is 5.43 Å². The molecule has 1 atom stereocenters. The number of hydrogen-bond donors (Lipinski definition) is 1. The lowest BCUT2D eigenvalue weighted by molar-refractivity contribution is 0.558. The molecule has 1 aromatic heterocycles. The minimum atomic E-state index is 0.612. The van der Waals surface area contributed by atoms with E-state index >= 15 is 0 Å². The molecule has 3 rings (SSSR count). The number of thiazole rings is 1. The minimum absolute atomic E-state index is 0.612. The van der Waals surface area contributed by atoms with Crippen LogP contribution in [0, 0.1) is 5.92 Å². The third-order valence-corrected chi connectivity index (χ3v) is 4.42. The van der Waals surface area contributed by atoms with Crippen molar-refractivity contribution < 1.29 is 0 Å². The number of hydrazone groups is 1. The molecule has 2 aromatic rings. The van der Waals surface area contributed by atoms with E-state index in [1.54, 1.807) is 11.3 Å². The maximum Gasteiger partial charge on any atom is 0.204 e. The van der Waals surface area contributed by atoms with Gasteiger partial charge < -0.3 is 0 Å². The van der Waals surface area contributed by atoms with Crippen molar-refractivity contribution >= 4 is 32.4 Å². The van der Waals surface area contributed by atoms with Crippen LogP contribution in [0.15, 0.2) is 29.4 Å². The SMILES string of the molecule is CC1CCCC/C1=N/Nc1nc2ccccc2s1. The molecular weight excluding hydrogens is 242 g/mol. The number of anilines is 1. The maximum absolute atomic E-state index is 4.54. The van der Waals surface area contributed by atoms with E-state index in [0.29, 0.717) is 5.92 Å². The molecule has 3 nitrogen and oxygen atoms in total. The Morgan fingerprint density at radius 3 is 3.06 bits per heavy atom.